The molecule has 0 spiro atoms. The predicted molar refractivity (Wildman–Crippen MR) is 107 cm³/mol. The van der Waals surface area contributed by atoms with Crippen molar-refractivity contribution in [2.24, 2.45) is 5.16 Å². The smallest absolute Gasteiger partial charge is 0.358 e. The summed E-state index contributed by atoms with van der Waals surface area (Å²) in [6.45, 7) is 4.08. The van der Waals surface area contributed by atoms with Gasteiger partial charge in [-0.3, -0.25) is 0 Å². The Bertz CT molecular complexity index is 874. The van der Waals surface area contributed by atoms with Crippen LogP contribution in [0, 0.1) is 6.92 Å². The summed E-state index contributed by atoms with van der Waals surface area (Å²) in [5.41, 5.74) is 2.67. The monoisotopic (exact) mass is 407 g/mol. The molecule has 0 aliphatic rings. The molecule has 2 aromatic carbocycles. The van der Waals surface area contributed by atoms with Gasteiger partial charge in [0.1, 0.15) is 23.5 Å². The van der Waals surface area contributed by atoms with Crippen LogP contribution in [-0.2, 0) is 16.2 Å². The molecule has 0 amide bonds. The normalized spacial score (nSPS) is 11.0. The molecular formula is C20H19Cl2NO4. The first-order valence-corrected chi connectivity index (χ1v) is 8.95. The molecule has 2 aromatic rings. The summed E-state index contributed by atoms with van der Waals surface area (Å²) in [5.74, 6) is -0.600. The minimum Gasteiger partial charge on any atom is -0.488 e. The second-order valence-electron chi connectivity index (χ2n) is 5.58. The number of hydrogen-bond donors (Lipinski definition) is 1. The fraction of sp³-hybridized carbons (Fsp3) is 0.200. The number of carboxylic acids is 1. The van der Waals surface area contributed by atoms with Crippen molar-refractivity contribution in [2.45, 2.75) is 20.5 Å². The van der Waals surface area contributed by atoms with Gasteiger partial charge in [0.05, 0.1) is 0 Å². The average Bonchev–Trinajstić information content (AvgIpc) is 2.61. The van der Waals surface area contributed by atoms with Gasteiger partial charge in [-0.25, -0.2) is 4.79 Å². The lowest BCUT2D eigenvalue weighted by Gasteiger charge is -2.13. The molecule has 7 heteroatoms. The lowest BCUT2D eigenvalue weighted by molar-refractivity contribution is -0.129. The summed E-state index contributed by atoms with van der Waals surface area (Å²) < 4.78 is 6.02. The molecule has 0 saturated heterocycles. The van der Waals surface area contributed by atoms with Gasteiger partial charge in [-0.2, -0.15) is 0 Å². The SMILES string of the molecule is CCON=C(C(=O)O)c1ccccc1COc1ccc(C)cc1C=C(Cl)Cl. The van der Waals surface area contributed by atoms with Crippen LogP contribution in [0.3, 0.4) is 0 Å². The third-order valence-corrected chi connectivity index (χ3v) is 3.79. The number of carbonyl (C=O) groups is 1. The van der Waals surface area contributed by atoms with Crippen LogP contribution >= 0.6 is 23.2 Å². The van der Waals surface area contributed by atoms with Crippen molar-refractivity contribution in [3.05, 3.63) is 69.2 Å². The number of rotatable bonds is 8. The number of carboxylic acid groups (broad SMARTS) is 1. The second kappa shape index (κ2) is 10.00. The van der Waals surface area contributed by atoms with Crippen molar-refractivity contribution < 1.29 is 19.5 Å². The highest BCUT2D eigenvalue weighted by Gasteiger charge is 2.18. The van der Waals surface area contributed by atoms with E-state index < -0.39 is 5.97 Å². The molecule has 0 aliphatic carbocycles. The first-order valence-electron chi connectivity index (χ1n) is 8.20. The molecule has 0 saturated carbocycles. The Morgan fingerprint density at radius 2 is 1.96 bits per heavy atom. The fourth-order valence-electron chi connectivity index (χ4n) is 2.39. The molecule has 1 N–H and O–H groups in total. The fourth-order valence-corrected chi connectivity index (χ4v) is 2.63. The maximum Gasteiger partial charge on any atom is 0.358 e. The van der Waals surface area contributed by atoms with Crippen molar-refractivity contribution in [3.8, 4) is 5.75 Å². The Hall–Kier alpha value is -2.50. The van der Waals surface area contributed by atoms with Gasteiger partial charge in [0, 0.05) is 11.1 Å². The Kier molecular flexibility index (Phi) is 7.70. The number of ether oxygens (including phenoxy) is 1. The van der Waals surface area contributed by atoms with Crippen molar-refractivity contribution in [2.75, 3.05) is 6.61 Å². The van der Waals surface area contributed by atoms with Gasteiger partial charge in [-0.15, -0.1) is 0 Å². The average molecular weight is 408 g/mol. The molecule has 0 radical (unpaired) electrons. The van der Waals surface area contributed by atoms with Gasteiger partial charge >= 0.3 is 5.97 Å². The van der Waals surface area contributed by atoms with E-state index in [1.807, 2.05) is 25.1 Å². The van der Waals surface area contributed by atoms with Crippen molar-refractivity contribution in [1.29, 1.82) is 0 Å². The van der Waals surface area contributed by atoms with E-state index in [1.54, 1.807) is 37.3 Å². The molecule has 142 valence electrons. The Morgan fingerprint density at radius 1 is 1.22 bits per heavy atom. The standard InChI is InChI=1S/C20H19Cl2NO4/c1-3-27-23-19(20(24)25)16-7-5-4-6-14(16)12-26-17-9-8-13(2)10-15(17)11-18(21)22/h4-11H,3,12H2,1-2H3,(H,24,25). The summed E-state index contributed by atoms with van der Waals surface area (Å²) in [6, 6.07) is 12.6. The van der Waals surface area contributed by atoms with Crippen LogP contribution < -0.4 is 4.74 Å². The van der Waals surface area contributed by atoms with Crippen molar-refractivity contribution >= 4 is 41.0 Å². The molecule has 0 unspecified atom stereocenters. The van der Waals surface area contributed by atoms with E-state index in [4.69, 9.17) is 32.8 Å². The topological polar surface area (TPSA) is 68.1 Å². The van der Waals surface area contributed by atoms with E-state index in [2.05, 4.69) is 5.16 Å². The molecule has 0 heterocycles. The van der Waals surface area contributed by atoms with Crippen LogP contribution in [0.2, 0.25) is 0 Å². The van der Waals surface area contributed by atoms with Crippen LogP contribution in [-0.4, -0.2) is 23.4 Å². The predicted octanol–water partition coefficient (Wildman–Crippen LogP) is 5.18. The number of aryl methyl sites for hydroxylation is 1. The largest absolute Gasteiger partial charge is 0.488 e. The van der Waals surface area contributed by atoms with Gasteiger partial charge in [-0.1, -0.05) is 64.3 Å². The minimum absolute atomic E-state index is 0.114. The second-order valence-corrected chi connectivity index (χ2v) is 6.59. The van der Waals surface area contributed by atoms with Gasteiger partial charge < -0.3 is 14.7 Å². The van der Waals surface area contributed by atoms with Crippen LogP contribution in [0.5, 0.6) is 5.75 Å². The molecule has 5 nitrogen and oxygen atoms in total. The molecule has 0 bridgehead atoms. The first kappa shape index (κ1) is 20.8. The summed E-state index contributed by atoms with van der Waals surface area (Å²) in [5, 5.41) is 13.2. The zero-order valence-electron chi connectivity index (χ0n) is 14.9. The molecular weight excluding hydrogens is 389 g/mol. The summed E-state index contributed by atoms with van der Waals surface area (Å²) in [7, 11) is 0. The van der Waals surface area contributed by atoms with E-state index in [-0.39, 0.29) is 23.4 Å². The van der Waals surface area contributed by atoms with E-state index in [9.17, 15) is 9.90 Å². The maximum absolute atomic E-state index is 11.6. The van der Waals surface area contributed by atoms with Crippen molar-refractivity contribution in [3.63, 3.8) is 0 Å². The number of hydrogen-bond acceptors (Lipinski definition) is 4. The number of benzene rings is 2. The van der Waals surface area contributed by atoms with Crippen LogP contribution in [0.15, 0.2) is 52.1 Å². The highest BCUT2D eigenvalue weighted by atomic mass is 35.5. The molecule has 0 aromatic heterocycles. The minimum atomic E-state index is -1.18. The third kappa shape index (κ3) is 6.01. The van der Waals surface area contributed by atoms with Gasteiger partial charge in [0.15, 0.2) is 5.71 Å². The molecule has 0 aliphatic heterocycles. The third-order valence-electron chi connectivity index (χ3n) is 3.57. The highest BCUT2D eigenvalue weighted by molar-refractivity contribution is 6.57. The van der Waals surface area contributed by atoms with Gasteiger partial charge in [0.25, 0.3) is 0 Å². The summed E-state index contributed by atoms with van der Waals surface area (Å²) >= 11 is 11.6. The zero-order chi connectivity index (χ0) is 19.8. The first-order chi connectivity index (χ1) is 12.9. The van der Waals surface area contributed by atoms with E-state index in [0.29, 0.717) is 16.9 Å². The Balaban J connectivity index is 2.33. The Labute approximate surface area is 167 Å². The number of nitrogens with zero attached hydrogens (tertiary/aromatic N) is 1. The number of oxime groups is 1. The van der Waals surface area contributed by atoms with Crippen molar-refractivity contribution in [1.82, 2.24) is 0 Å². The van der Waals surface area contributed by atoms with Crippen LogP contribution in [0.4, 0.5) is 0 Å². The summed E-state index contributed by atoms with van der Waals surface area (Å²) in [4.78, 5) is 16.5. The van der Waals surface area contributed by atoms with Gasteiger partial charge in [0.2, 0.25) is 0 Å². The van der Waals surface area contributed by atoms with Crippen LogP contribution in [0.1, 0.15) is 29.2 Å². The van der Waals surface area contributed by atoms with E-state index in [1.165, 1.54) is 0 Å². The molecule has 0 atom stereocenters. The summed E-state index contributed by atoms with van der Waals surface area (Å²) in [6.07, 6.45) is 1.59. The van der Waals surface area contributed by atoms with E-state index >= 15 is 0 Å². The van der Waals surface area contributed by atoms with Crippen LogP contribution in [0.25, 0.3) is 6.08 Å². The zero-order valence-corrected chi connectivity index (χ0v) is 16.4. The number of halogens is 2. The Morgan fingerprint density at radius 3 is 2.63 bits per heavy atom. The molecule has 2 rings (SSSR count). The number of aliphatic carboxylic acids is 1. The van der Waals surface area contributed by atoms with E-state index in [0.717, 1.165) is 11.1 Å². The van der Waals surface area contributed by atoms with Gasteiger partial charge in [-0.05, 0) is 37.6 Å². The maximum atomic E-state index is 11.6. The highest BCUT2D eigenvalue weighted by Crippen LogP contribution is 2.26. The lowest BCUT2D eigenvalue weighted by atomic mass is 10.0. The molecule has 27 heavy (non-hydrogen) atoms. The lowest BCUT2D eigenvalue weighted by Crippen LogP contribution is -2.18. The molecule has 0 fully saturated rings. The quantitative estimate of drug-likeness (QED) is 0.483.